The summed E-state index contributed by atoms with van der Waals surface area (Å²) in [6, 6.07) is 0.209. The molecule has 0 saturated heterocycles. The molecule has 0 aliphatic carbocycles. The Balaban J connectivity index is 3.54. The van der Waals surface area contributed by atoms with Crippen LogP contribution in [0, 0.1) is 5.92 Å². The summed E-state index contributed by atoms with van der Waals surface area (Å²) >= 11 is 0. The second-order valence-electron chi connectivity index (χ2n) is 3.64. The molecule has 0 bridgehead atoms. The Hall–Kier alpha value is -0.570. The number of carbonyl (C=O) groups excluding carboxylic acids is 1. The molecule has 1 atom stereocenters. The molecule has 72 valence electrons. The first-order valence-electron chi connectivity index (χ1n) is 4.55. The van der Waals surface area contributed by atoms with Crippen LogP contribution in [0.3, 0.4) is 0 Å². The molecule has 0 fully saturated rings. The lowest BCUT2D eigenvalue weighted by Crippen LogP contribution is -2.34. The Morgan fingerprint density at radius 2 is 2.00 bits per heavy atom. The minimum absolute atomic E-state index is 0.131. The first-order chi connectivity index (χ1) is 5.56. The summed E-state index contributed by atoms with van der Waals surface area (Å²) in [5.41, 5.74) is 5.36. The third-order valence-corrected chi connectivity index (χ3v) is 1.60. The number of nitrogens with two attached hydrogens (primary N) is 1. The minimum atomic E-state index is 0.131. The first kappa shape index (κ1) is 11.4. The van der Waals surface area contributed by atoms with Gasteiger partial charge in [0.25, 0.3) is 0 Å². The molecule has 0 saturated carbocycles. The third-order valence-electron chi connectivity index (χ3n) is 1.60. The van der Waals surface area contributed by atoms with Gasteiger partial charge in [0.15, 0.2) is 0 Å². The van der Waals surface area contributed by atoms with Gasteiger partial charge in [-0.1, -0.05) is 13.8 Å². The van der Waals surface area contributed by atoms with Crippen LogP contribution in [0.25, 0.3) is 0 Å². The van der Waals surface area contributed by atoms with Gasteiger partial charge >= 0.3 is 0 Å². The highest BCUT2D eigenvalue weighted by Gasteiger charge is 2.07. The molecule has 3 N–H and O–H groups in total. The van der Waals surface area contributed by atoms with E-state index < -0.39 is 0 Å². The normalized spacial score (nSPS) is 13.1. The monoisotopic (exact) mass is 172 g/mol. The fourth-order valence-electron chi connectivity index (χ4n) is 1.03. The Morgan fingerprint density at radius 3 is 2.42 bits per heavy atom. The second kappa shape index (κ2) is 6.00. The van der Waals surface area contributed by atoms with Crippen LogP contribution in [0.5, 0.6) is 0 Å². The lowest BCUT2D eigenvalue weighted by Gasteiger charge is -2.13. The molecule has 3 nitrogen and oxygen atoms in total. The molecular formula is C9H20N2O. The Kier molecular flexibility index (Phi) is 5.72. The largest absolute Gasteiger partial charge is 0.354 e. The zero-order valence-electron chi connectivity index (χ0n) is 8.26. The molecule has 0 spiro atoms. The summed E-state index contributed by atoms with van der Waals surface area (Å²) in [5.74, 6) is 0.557. The fraction of sp³-hybridized carbons (Fsp3) is 0.889. The van der Waals surface area contributed by atoms with Crippen molar-refractivity contribution in [3.05, 3.63) is 0 Å². The average Bonchev–Trinajstić information content (AvgIpc) is 1.84. The van der Waals surface area contributed by atoms with Crippen LogP contribution in [0.15, 0.2) is 0 Å². The van der Waals surface area contributed by atoms with Crippen LogP contribution in [0.1, 0.15) is 33.6 Å². The minimum Gasteiger partial charge on any atom is -0.354 e. The number of carbonyl (C=O) groups is 1. The van der Waals surface area contributed by atoms with E-state index in [-0.39, 0.29) is 11.9 Å². The lowest BCUT2D eigenvalue weighted by atomic mass is 10.1. The smallest absolute Gasteiger partial charge is 0.220 e. The molecule has 3 heteroatoms. The molecule has 12 heavy (non-hydrogen) atoms. The van der Waals surface area contributed by atoms with Gasteiger partial charge in [-0.2, -0.15) is 0 Å². The van der Waals surface area contributed by atoms with Crippen molar-refractivity contribution in [2.75, 3.05) is 6.54 Å². The maximum atomic E-state index is 11.2. The molecule has 0 heterocycles. The van der Waals surface area contributed by atoms with E-state index in [4.69, 9.17) is 5.73 Å². The second-order valence-corrected chi connectivity index (χ2v) is 3.64. The molecule has 0 aromatic heterocycles. The zero-order chi connectivity index (χ0) is 9.56. The van der Waals surface area contributed by atoms with Gasteiger partial charge in [0.1, 0.15) is 0 Å². The summed E-state index contributed by atoms with van der Waals surface area (Å²) in [6.07, 6.45) is 1.46. The molecule has 1 unspecified atom stereocenters. The molecule has 0 radical (unpaired) electrons. The summed E-state index contributed by atoms with van der Waals surface area (Å²) in [5, 5.41) is 2.89. The van der Waals surface area contributed by atoms with Crippen molar-refractivity contribution in [2.45, 2.75) is 39.7 Å². The molecule has 0 rings (SSSR count). The highest BCUT2D eigenvalue weighted by molar-refractivity contribution is 5.76. The fourth-order valence-corrected chi connectivity index (χ4v) is 1.03. The van der Waals surface area contributed by atoms with E-state index in [0.717, 1.165) is 6.42 Å². The van der Waals surface area contributed by atoms with Gasteiger partial charge in [-0.15, -0.1) is 0 Å². The van der Waals surface area contributed by atoms with E-state index in [1.165, 1.54) is 0 Å². The van der Waals surface area contributed by atoms with Gasteiger partial charge in [-0.05, 0) is 25.8 Å². The average molecular weight is 172 g/mol. The predicted octanol–water partition coefficient (Wildman–Crippen LogP) is 0.886. The maximum absolute atomic E-state index is 11.2. The van der Waals surface area contributed by atoms with E-state index in [1.54, 1.807) is 0 Å². The molecule has 0 aromatic carbocycles. The number of amides is 1. The summed E-state index contributed by atoms with van der Waals surface area (Å²) in [4.78, 5) is 11.2. The van der Waals surface area contributed by atoms with Crippen molar-refractivity contribution in [3.63, 3.8) is 0 Å². The van der Waals surface area contributed by atoms with Crippen molar-refractivity contribution in [2.24, 2.45) is 11.7 Å². The van der Waals surface area contributed by atoms with Gasteiger partial charge in [0.05, 0.1) is 0 Å². The maximum Gasteiger partial charge on any atom is 0.220 e. The highest BCUT2D eigenvalue weighted by Crippen LogP contribution is 1.99. The summed E-state index contributed by atoms with van der Waals surface area (Å²) < 4.78 is 0. The molecular weight excluding hydrogens is 152 g/mol. The van der Waals surface area contributed by atoms with Crippen LogP contribution in [-0.4, -0.2) is 18.5 Å². The topological polar surface area (TPSA) is 55.1 Å². The van der Waals surface area contributed by atoms with Gasteiger partial charge in [0, 0.05) is 12.5 Å². The Labute approximate surface area is 74.7 Å². The molecule has 0 aromatic rings. The highest BCUT2D eigenvalue weighted by atomic mass is 16.1. The predicted molar refractivity (Wildman–Crippen MR) is 50.7 cm³/mol. The van der Waals surface area contributed by atoms with E-state index in [1.807, 2.05) is 20.8 Å². The molecule has 0 aliphatic heterocycles. The molecule has 1 amide bonds. The lowest BCUT2D eigenvalue weighted by molar-refractivity contribution is -0.122. The van der Waals surface area contributed by atoms with E-state index in [9.17, 15) is 4.79 Å². The van der Waals surface area contributed by atoms with Crippen LogP contribution in [0.4, 0.5) is 0 Å². The van der Waals surface area contributed by atoms with Crippen molar-refractivity contribution in [3.8, 4) is 0 Å². The van der Waals surface area contributed by atoms with Crippen LogP contribution in [0.2, 0.25) is 0 Å². The number of nitrogens with one attached hydrogen (secondary N) is 1. The van der Waals surface area contributed by atoms with Crippen molar-refractivity contribution >= 4 is 5.91 Å². The van der Waals surface area contributed by atoms with E-state index in [2.05, 4.69) is 5.32 Å². The van der Waals surface area contributed by atoms with E-state index >= 15 is 0 Å². The summed E-state index contributed by atoms with van der Waals surface area (Å²) in [6.45, 7) is 6.68. The van der Waals surface area contributed by atoms with E-state index in [0.29, 0.717) is 18.9 Å². The third kappa shape index (κ3) is 6.16. The van der Waals surface area contributed by atoms with Crippen molar-refractivity contribution in [1.29, 1.82) is 0 Å². The van der Waals surface area contributed by atoms with Crippen LogP contribution in [-0.2, 0) is 4.79 Å². The number of rotatable bonds is 5. The Morgan fingerprint density at radius 1 is 1.42 bits per heavy atom. The van der Waals surface area contributed by atoms with Gasteiger partial charge in [0.2, 0.25) is 5.91 Å². The molecule has 0 aliphatic rings. The van der Waals surface area contributed by atoms with Gasteiger partial charge < -0.3 is 11.1 Å². The van der Waals surface area contributed by atoms with Crippen LogP contribution < -0.4 is 11.1 Å². The first-order valence-corrected chi connectivity index (χ1v) is 4.55. The Bertz CT molecular complexity index is 134. The van der Waals surface area contributed by atoms with Crippen LogP contribution >= 0.6 is 0 Å². The van der Waals surface area contributed by atoms with Gasteiger partial charge in [-0.3, -0.25) is 4.79 Å². The summed E-state index contributed by atoms with van der Waals surface area (Å²) in [7, 11) is 0. The quantitative estimate of drug-likeness (QED) is 0.647. The SMILES string of the molecule is CC(C)CC(=O)NC(C)CCN. The van der Waals surface area contributed by atoms with Crippen molar-refractivity contribution in [1.82, 2.24) is 5.32 Å². The number of hydrogen-bond donors (Lipinski definition) is 2. The van der Waals surface area contributed by atoms with Gasteiger partial charge in [-0.25, -0.2) is 0 Å². The number of hydrogen-bond acceptors (Lipinski definition) is 2. The zero-order valence-corrected chi connectivity index (χ0v) is 8.26. The van der Waals surface area contributed by atoms with Crippen molar-refractivity contribution < 1.29 is 4.79 Å². The standard InChI is InChI=1S/C9H20N2O/c1-7(2)6-9(12)11-8(3)4-5-10/h7-8H,4-6,10H2,1-3H3,(H,11,12).